The molecule has 0 aliphatic heterocycles. The number of carbonyl (C=O) groups excluding carboxylic acids is 1. The van der Waals surface area contributed by atoms with Crippen LogP contribution in [0.5, 0.6) is 0 Å². The molecule has 3 rings (SSSR count). The second-order valence-corrected chi connectivity index (χ2v) is 4.47. The third kappa shape index (κ3) is 2.62. The summed E-state index contributed by atoms with van der Waals surface area (Å²) in [7, 11) is 0. The molecule has 0 aliphatic carbocycles. The molecule has 0 spiro atoms. The van der Waals surface area contributed by atoms with E-state index in [1.54, 1.807) is 6.07 Å². The van der Waals surface area contributed by atoms with Gasteiger partial charge >= 0.3 is 0 Å². The zero-order valence-electron chi connectivity index (χ0n) is 10.8. The van der Waals surface area contributed by atoms with Gasteiger partial charge < -0.3 is 10.3 Å². The first-order chi connectivity index (χ1) is 9.83. The number of aromatic amines is 1. The van der Waals surface area contributed by atoms with Gasteiger partial charge in [0.2, 0.25) is 0 Å². The van der Waals surface area contributed by atoms with Crippen LogP contribution in [-0.4, -0.2) is 10.9 Å². The Morgan fingerprint density at radius 3 is 2.15 bits per heavy atom. The number of hydrogen-bond donors (Lipinski definition) is 2. The second-order valence-electron chi connectivity index (χ2n) is 4.47. The molecule has 0 saturated heterocycles. The first kappa shape index (κ1) is 12.2. The molecule has 98 valence electrons. The van der Waals surface area contributed by atoms with E-state index in [2.05, 4.69) is 10.3 Å². The number of nitrogens with one attached hydrogen (secondary N) is 2. The summed E-state index contributed by atoms with van der Waals surface area (Å²) in [5, 5.41) is 2.85. The monoisotopic (exact) mass is 262 g/mol. The van der Waals surface area contributed by atoms with Gasteiger partial charge in [0.05, 0.1) is 0 Å². The van der Waals surface area contributed by atoms with Crippen molar-refractivity contribution < 1.29 is 4.79 Å². The van der Waals surface area contributed by atoms with E-state index in [4.69, 9.17) is 0 Å². The van der Waals surface area contributed by atoms with Crippen molar-refractivity contribution in [1.29, 1.82) is 0 Å². The fourth-order valence-electron chi connectivity index (χ4n) is 2.03. The maximum Gasteiger partial charge on any atom is 0.272 e. The van der Waals surface area contributed by atoms with Crippen LogP contribution >= 0.6 is 0 Å². The predicted octanol–water partition coefficient (Wildman–Crippen LogP) is 3.93. The number of rotatable bonds is 3. The van der Waals surface area contributed by atoms with E-state index in [0.29, 0.717) is 5.69 Å². The van der Waals surface area contributed by atoms with Crippen molar-refractivity contribution in [1.82, 2.24) is 4.98 Å². The van der Waals surface area contributed by atoms with E-state index in [1.807, 2.05) is 66.7 Å². The highest BCUT2D eigenvalue weighted by molar-refractivity contribution is 6.03. The fraction of sp³-hybridized carbons (Fsp3) is 0. The van der Waals surface area contributed by atoms with Crippen molar-refractivity contribution in [3.63, 3.8) is 0 Å². The fourth-order valence-corrected chi connectivity index (χ4v) is 2.03. The molecule has 2 aromatic carbocycles. The Bertz CT molecular complexity index is 702. The quantitative estimate of drug-likeness (QED) is 0.738. The number of aromatic nitrogens is 1. The van der Waals surface area contributed by atoms with Crippen molar-refractivity contribution in [2.24, 2.45) is 0 Å². The lowest BCUT2D eigenvalue weighted by molar-refractivity contribution is 0.102. The maximum atomic E-state index is 12.1. The average Bonchev–Trinajstić information content (AvgIpc) is 2.99. The molecule has 0 bridgehead atoms. The van der Waals surface area contributed by atoms with Crippen LogP contribution in [0.25, 0.3) is 11.3 Å². The molecule has 1 amide bonds. The van der Waals surface area contributed by atoms with E-state index >= 15 is 0 Å². The van der Waals surface area contributed by atoms with Crippen LogP contribution in [0, 0.1) is 0 Å². The molecule has 3 aromatic rings. The predicted molar refractivity (Wildman–Crippen MR) is 80.6 cm³/mol. The number of carbonyl (C=O) groups is 1. The van der Waals surface area contributed by atoms with Gasteiger partial charge in [-0.15, -0.1) is 0 Å². The number of amides is 1. The highest BCUT2D eigenvalue weighted by atomic mass is 16.1. The van der Waals surface area contributed by atoms with Crippen molar-refractivity contribution in [2.75, 3.05) is 5.32 Å². The van der Waals surface area contributed by atoms with Crippen LogP contribution in [0.4, 0.5) is 5.69 Å². The van der Waals surface area contributed by atoms with Crippen molar-refractivity contribution in [3.05, 3.63) is 78.5 Å². The summed E-state index contributed by atoms with van der Waals surface area (Å²) >= 11 is 0. The van der Waals surface area contributed by atoms with Crippen molar-refractivity contribution in [3.8, 4) is 11.3 Å². The lowest BCUT2D eigenvalue weighted by Gasteiger charge is -2.03. The standard InChI is InChI=1S/C17H14N2O/c20-17(18-14-9-5-2-6-10-14)16-12-11-15(19-16)13-7-3-1-4-8-13/h1-12,19H,(H,18,20). The molecule has 0 saturated carbocycles. The molecule has 0 fully saturated rings. The van der Waals surface area contributed by atoms with Gasteiger partial charge in [0.15, 0.2) is 0 Å². The number of anilines is 1. The van der Waals surface area contributed by atoms with Gasteiger partial charge in [-0.25, -0.2) is 0 Å². The Morgan fingerprint density at radius 1 is 0.800 bits per heavy atom. The van der Waals surface area contributed by atoms with Gasteiger partial charge in [0.25, 0.3) is 5.91 Å². The van der Waals surface area contributed by atoms with Gasteiger partial charge in [-0.3, -0.25) is 4.79 Å². The molecule has 3 heteroatoms. The lowest BCUT2D eigenvalue weighted by atomic mass is 10.2. The number of para-hydroxylation sites is 1. The minimum atomic E-state index is -0.140. The number of H-pyrrole nitrogens is 1. The van der Waals surface area contributed by atoms with Gasteiger partial charge in [-0.2, -0.15) is 0 Å². The Hall–Kier alpha value is -2.81. The largest absolute Gasteiger partial charge is 0.351 e. The van der Waals surface area contributed by atoms with Crippen LogP contribution in [0.3, 0.4) is 0 Å². The second kappa shape index (κ2) is 5.45. The Kier molecular flexibility index (Phi) is 3.33. The normalized spacial score (nSPS) is 10.2. The van der Waals surface area contributed by atoms with E-state index in [-0.39, 0.29) is 5.91 Å². The minimum Gasteiger partial charge on any atom is -0.351 e. The number of benzene rings is 2. The summed E-state index contributed by atoms with van der Waals surface area (Å²) in [5.74, 6) is -0.140. The molecule has 2 N–H and O–H groups in total. The molecule has 20 heavy (non-hydrogen) atoms. The Balaban J connectivity index is 1.79. The highest BCUT2D eigenvalue weighted by Crippen LogP contribution is 2.18. The Labute approximate surface area is 117 Å². The summed E-state index contributed by atoms with van der Waals surface area (Å²) in [6.07, 6.45) is 0. The lowest BCUT2D eigenvalue weighted by Crippen LogP contribution is -2.12. The first-order valence-corrected chi connectivity index (χ1v) is 6.44. The van der Waals surface area contributed by atoms with Crippen LogP contribution in [0.2, 0.25) is 0 Å². The third-order valence-electron chi connectivity index (χ3n) is 3.05. The smallest absolute Gasteiger partial charge is 0.272 e. The SMILES string of the molecule is O=C(Nc1ccccc1)c1ccc(-c2ccccc2)[nH]1. The third-order valence-corrected chi connectivity index (χ3v) is 3.05. The van der Waals surface area contributed by atoms with E-state index in [0.717, 1.165) is 16.9 Å². The molecule has 0 aliphatic rings. The summed E-state index contributed by atoms with van der Waals surface area (Å²) in [5.41, 5.74) is 3.33. The zero-order valence-corrected chi connectivity index (χ0v) is 10.8. The van der Waals surface area contributed by atoms with E-state index in [1.165, 1.54) is 0 Å². The van der Waals surface area contributed by atoms with Gasteiger partial charge in [-0.05, 0) is 29.8 Å². The van der Waals surface area contributed by atoms with Crippen LogP contribution in [-0.2, 0) is 0 Å². The van der Waals surface area contributed by atoms with Gasteiger partial charge in [0.1, 0.15) is 5.69 Å². The molecule has 0 radical (unpaired) electrons. The molecule has 3 nitrogen and oxygen atoms in total. The summed E-state index contributed by atoms with van der Waals surface area (Å²) in [6.45, 7) is 0. The molecule has 0 atom stereocenters. The van der Waals surface area contributed by atoms with Crippen LogP contribution in [0.15, 0.2) is 72.8 Å². The molecule has 0 unspecified atom stereocenters. The summed E-state index contributed by atoms with van der Waals surface area (Å²) in [4.78, 5) is 15.3. The topological polar surface area (TPSA) is 44.9 Å². The van der Waals surface area contributed by atoms with Crippen LogP contribution in [0.1, 0.15) is 10.5 Å². The molecular formula is C17H14N2O. The van der Waals surface area contributed by atoms with Crippen LogP contribution < -0.4 is 5.32 Å². The van der Waals surface area contributed by atoms with E-state index in [9.17, 15) is 4.79 Å². The molecular weight excluding hydrogens is 248 g/mol. The summed E-state index contributed by atoms with van der Waals surface area (Å²) < 4.78 is 0. The van der Waals surface area contributed by atoms with Crippen molar-refractivity contribution >= 4 is 11.6 Å². The van der Waals surface area contributed by atoms with Gasteiger partial charge in [-0.1, -0.05) is 48.5 Å². The maximum absolute atomic E-state index is 12.1. The first-order valence-electron chi connectivity index (χ1n) is 6.44. The minimum absolute atomic E-state index is 0.140. The van der Waals surface area contributed by atoms with Gasteiger partial charge in [0, 0.05) is 11.4 Å². The summed E-state index contributed by atoms with van der Waals surface area (Å²) in [6, 6.07) is 23.0. The molecule has 1 heterocycles. The zero-order chi connectivity index (χ0) is 13.8. The molecule has 1 aromatic heterocycles. The Morgan fingerprint density at radius 2 is 1.45 bits per heavy atom. The highest BCUT2D eigenvalue weighted by Gasteiger charge is 2.09. The number of hydrogen-bond acceptors (Lipinski definition) is 1. The van der Waals surface area contributed by atoms with E-state index < -0.39 is 0 Å². The van der Waals surface area contributed by atoms with Crippen molar-refractivity contribution in [2.45, 2.75) is 0 Å². The average molecular weight is 262 g/mol.